The smallest absolute Gasteiger partial charge is 0.258 e. The summed E-state index contributed by atoms with van der Waals surface area (Å²) in [5.41, 5.74) is -0.0643. The van der Waals surface area contributed by atoms with E-state index in [-0.39, 0.29) is 18.6 Å². The van der Waals surface area contributed by atoms with Crippen molar-refractivity contribution in [1.29, 1.82) is 0 Å². The Morgan fingerprint density at radius 1 is 1.25 bits per heavy atom. The zero-order chi connectivity index (χ0) is 15.3. The van der Waals surface area contributed by atoms with E-state index in [4.69, 9.17) is 4.74 Å². The van der Waals surface area contributed by atoms with E-state index < -0.39 is 5.60 Å². The van der Waals surface area contributed by atoms with Crippen molar-refractivity contribution >= 4 is 5.91 Å². The summed E-state index contributed by atoms with van der Waals surface area (Å²) in [6.45, 7) is 9.54. The number of amides is 1. The summed E-state index contributed by atoms with van der Waals surface area (Å²) in [6, 6.07) is 7.23. The third kappa shape index (κ3) is 5.21. The lowest BCUT2D eigenvalue weighted by molar-refractivity contribution is -0.124. The maximum Gasteiger partial charge on any atom is 0.258 e. The lowest BCUT2D eigenvalue weighted by atomic mass is 9.99. The van der Waals surface area contributed by atoms with Crippen molar-refractivity contribution in [2.24, 2.45) is 5.92 Å². The van der Waals surface area contributed by atoms with Gasteiger partial charge in [0.05, 0.1) is 5.60 Å². The maximum atomic E-state index is 11.7. The fourth-order valence-electron chi connectivity index (χ4n) is 1.57. The van der Waals surface area contributed by atoms with Crippen molar-refractivity contribution in [3.8, 4) is 5.75 Å². The summed E-state index contributed by atoms with van der Waals surface area (Å²) in [5, 5.41) is 12.7. The van der Waals surface area contributed by atoms with Gasteiger partial charge in [-0.1, -0.05) is 26.0 Å². The molecule has 112 valence electrons. The third-order valence-electron chi connectivity index (χ3n) is 3.32. The van der Waals surface area contributed by atoms with Crippen LogP contribution in [0.5, 0.6) is 5.75 Å². The first kappa shape index (κ1) is 16.5. The minimum atomic E-state index is -0.872. The topological polar surface area (TPSA) is 58.6 Å². The van der Waals surface area contributed by atoms with Crippen LogP contribution in [0.2, 0.25) is 0 Å². The fraction of sp³-hybridized carbons (Fsp3) is 0.562. The van der Waals surface area contributed by atoms with Gasteiger partial charge in [0.1, 0.15) is 5.75 Å². The average molecular weight is 279 g/mol. The molecule has 2 N–H and O–H groups in total. The van der Waals surface area contributed by atoms with Crippen molar-refractivity contribution in [3.05, 3.63) is 29.8 Å². The Bertz CT molecular complexity index is 432. The van der Waals surface area contributed by atoms with Crippen LogP contribution in [0, 0.1) is 5.92 Å². The highest BCUT2D eigenvalue weighted by molar-refractivity contribution is 5.77. The molecule has 0 heterocycles. The summed E-state index contributed by atoms with van der Waals surface area (Å²) in [6.07, 6.45) is 0. The molecule has 1 rings (SSSR count). The molecule has 0 spiro atoms. The van der Waals surface area contributed by atoms with E-state index in [0.29, 0.717) is 11.7 Å². The SMILES string of the molecule is CC(C)C(C)NC(=O)COc1ccc(C(C)(C)O)cc1. The third-order valence-corrected chi connectivity index (χ3v) is 3.32. The highest BCUT2D eigenvalue weighted by Crippen LogP contribution is 2.22. The second-order valence-electron chi connectivity index (χ2n) is 5.97. The van der Waals surface area contributed by atoms with Crippen LogP contribution in [0.3, 0.4) is 0 Å². The Kier molecular flexibility index (Phi) is 5.57. The van der Waals surface area contributed by atoms with Gasteiger partial charge in [0.2, 0.25) is 0 Å². The summed E-state index contributed by atoms with van der Waals surface area (Å²) in [5.74, 6) is 0.883. The van der Waals surface area contributed by atoms with Crippen LogP contribution >= 0.6 is 0 Å². The Labute approximate surface area is 121 Å². The van der Waals surface area contributed by atoms with E-state index >= 15 is 0 Å². The van der Waals surface area contributed by atoms with Gasteiger partial charge in [-0.05, 0) is 44.4 Å². The number of aliphatic hydroxyl groups is 1. The van der Waals surface area contributed by atoms with E-state index in [1.165, 1.54) is 0 Å². The number of carbonyl (C=O) groups excluding carboxylic acids is 1. The van der Waals surface area contributed by atoms with Crippen LogP contribution in [0.4, 0.5) is 0 Å². The molecular weight excluding hydrogens is 254 g/mol. The van der Waals surface area contributed by atoms with E-state index in [0.717, 1.165) is 5.56 Å². The summed E-state index contributed by atoms with van der Waals surface area (Å²) in [4.78, 5) is 11.7. The van der Waals surface area contributed by atoms with Crippen LogP contribution < -0.4 is 10.1 Å². The van der Waals surface area contributed by atoms with Crippen molar-refractivity contribution in [2.45, 2.75) is 46.3 Å². The lowest BCUT2D eigenvalue weighted by Gasteiger charge is -2.19. The minimum Gasteiger partial charge on any atom is -0.484 e. The predicted molar refractivity (Wildman–Crippen MR) is 79.6 cm³/mol. The van der Waals surface area contributed by atoms with Crippen LogP contribution in [0.15, 0.2) is 24.3 Å². The zero-order valence-corrected chi connectivity index (χ0v) is 12.9. The Morgan fingerprint density at radius 2 is 1.80 bits per heavy atom. The van der Waals surface area contributed by atoms with Gasteiger partial charge in [-0.2, -0.15) is 0 Å². The predicted octanol–water partition coefficient (Wildman–Crippen LogP) is 2.45. The summed E-state index contributed by atoms with van der Waals surface area (Å²) >= 11 is 0. The monoisotopic (exact) mass is 279 g/mol. The van der Waals surface area contributed by atoms with Crippen LogP contribution in [0.1, 0.15) is 40.2 Å². The molecule has 0 aliphatic heterocycles. The van der Waals surface area contributed by atoms with Crippen molar-refractivity contribution in [1.82, 2.24) is 5.32 Å². The van der Waals surface area contributed by atoms with Crippen molar-refractivity contribution < 1.29 is 14.6 Å². The molecule has 4 heteroatoms. The van der Waals surface area contributed by atoms with E-state index in [1.807, 2.05) is 6.92 Å². The van der Waals surface area contributed by atoms with Crippen LogP contribution in [0.25, 0.3) is 0 Å². The summed E-state index contributed by atoms with van der Waals surface area (Å²) in [7, 11) is 0. The Hall–Kier alpha value is -1.55. The molecule has 0 aliphatic rings. The number of rotatable bonds is 6. The van der Waals surface area contributed by atoms with Crippen molar-refractivity contribution in [3.63, 3.8) is 0 Å². The van der Waals surface area contributed by atoms with Gasteiger partial charge >= 0.3 is 0 Å². The van der Waals surface area contributed by atoms with E-state index in [9.17, 15) is 9.90 Å². The molecule has 0 aromatic heterocycles. The summed E-state index contributed by atoms with van der Waals surface area (Å²) < 4.78 is 5.42. The van der Waals surface area contributed by atoms with Gasteiger partial charge in [0.15, 0.2) is 6.61 Å². The van der Waals surface area contributed by atoms with Gasteiger partial charge in [-0.25, -0.2) is 0 Å². The molecule has 4 nitrogen and oxygen atoms in total. The van der Waals surface area contributed by atoms with E-state index in [1.54, 1.807) is 38.1 Å². The molecule has 0 saturated carbocycles. The molecule has 1 atom stereocenters. The normalized spacial score (nSPS) is 13.2. The molecule has 1 aromatic rings. The molecule has 1 amide bonds. The fourth-order valence-corrected chi connectivity index (χ4v) is 1.57. The highest BCUT2D eigenvalue weighted by atomic mass is 16.5. The second kappa shape index (κ2) is 6.75. The highest BCUT2D eigenvalue weighted by Gasteiger charge is 2.15. The molecule has 0 saturated heterocycles. The first-order chi connectivity index (χ1) is 9.20. The molecule has 1 unspecified atom stereocenters. The minimum absolute atomic E-state index is 0.00107. The second-order valence-corrected chi connectivity index (χ2v) is 5.97. The zero-order valence-electron chi connectivity index (χ0n) is 12.9. The molecule has 1 aromatic carbocycles. The Morgan fingerprint density at radius 3 is 2.25 bits per heavy atom. The molecule has 0 fully saturated rings. The van der Waals surface area contributed by atoms with Gasteiger partial charge in [-0.15, -0.1) is 0 Å². The van der Waals surface area contributed by atoms with E-state index in [2.05, 4.69) is 19.2 Å². The Balaban J connectivity index is 2.48. The first-order valence-electron chi connectivity index (χ1n) is 6.95. The number of nitrogens with one attached hydrogen (secondary N) is 1. The molecule has 20 heavy (non-hydrogen) atoms. The molecule has 0 bridgehead atoms. The molecule has 0 aliphatic carbocycles. The average Bonchev–Trinajstić information content (AvgIpc) is 2.35. The van der Waals surface area contributed by atoms with Gasteiger partial charge in [0.25, 0.3) is 5.91 Å². The number of carbonyl (C=O) groups is 1. The van der Waals surface area contributed by atoms with Gasteiger partial charge in [0, 0.05) is 6.04 Å². The first-order valence-corrected chi connectivity index (χ1v) is 6.95. The van der Waals surface area contributed by atoms with Crippen LogP contribution in [-0.4, -0.2) is 23.7 Å². The van der Waals surface area contributed by atoms with Crippen molar-refractivity contribution in [2.75, 3.05) is 6.61 Å². The quantitative estimate of drug-likeness (QED) is 0.841. The van der Waals surface area contributed by atoms with Crippen LogP contribution in [-0.2, 0) is 10.4 Å². The standard InChI is InChI=1S/C16H25NO3/c1-11(2)12(3)17-15(18)10-20-14-8-6-13(7-9-14)16(4,5)19/h6-9,11-12,19H,10H2,1-5H3,(H,17,18). The van der Waals surface area contributed by atoms with Gasteiger partial charge < -0.3 is 15.2 Å². The lowest BCUT2D eigenvalue weighted by Crippen LogP contribution is -2.38. The molecular formula is C16H25NO3. The van der Waals surface area contributed by atoms with Gasteiger partial charge in [-0.3, -0.25) is 4.79 Å². The number of benzene rings is 1. The number of hydrogen-bond acceptors (Lipinski definition) is 3. The maximum absolute atomic E-state index is 11.7. The largest absolute Gasteiger partial charge is 0.484 e. The molecule has 0 radical (unpaired) electrons. The number of hydrogen-bond donors (Lipinski definition) is 2. The number of ether oxygens (including phenoxy) is 1.